The Morgan fingerprint density at radius 1 is 0.900 bits per heavy atom. The highest BCUT2D eigenvalue weighted by Gasteiger charge is 2.24. The van der Waals surface area contributed by atoms with Gasteiger partial charge in [-0.25, -0.2) is 0 Å². The van der Waals surface area contributed by atoms with E-state index in [2.05, 4.69) is 0 Å². The molecule has 0 aliphatic rings. The van der Waals surface area contributed by atoms with E-state index in [4.69, 9.17) is 11.6 Å². The largest absolute Gasteiger partial charge is 0.313 e. The van der Waals surface area contributed by atoms with E-state index in [1.54, 1.807) is 40.9 Å². The zero-order valence-electron chi connectivity index (χ0n) is 15.2. The van der Waals surface area contributed by atoms with Crippen LogP contribution in [-0.4, -0.2) is 20.0 Å². The third kappa shape index (κ3) is 3.29. The molecule has 0 N–H and O–H groups in total. The molecule has 0 aliphatic heterocycles. The van der Waals surface area contributed by atoms with Crippen molar-refractivity contribution < 1.29 is 14.6 Å². The maximum atomic E-state index is 13.4. The van der Waals surface area contributed by atoms with Gasteiger partial charge in [0.2, 0.25) is 5.78 Å². The predicted octanol–water partition coefficient (Wildman–Crippen LogP) is 5.31. The van der Waals surface area contributed by atoms with Gasteiger partial charge in [0.1, 0.15) is 10.7 Å². The summed E-state index contributed by atoms with van der Waals surface area (Å²) >= 11 is 5.87. The number of non-ortho nitro benzene ring substituents is 1. The summed E-state index contributed by atoms with van der Waals surface area (Å²) in [5.74, 6) is -0.470. The Morgan fingerprint density at radius 3 is 2.43 bits per heavy atom. The molecule has 0 unspecified atom stereocenters. The van der Waals surface area contributed by atoms with Gasteiger partial charge >= 0.3 is 0 Å². The lowest BCUT2D eigenvalue weighted by Crippen LogP contribution is -2.07. The number of ketones is 1. The molecule has 0 radical (unpaired) electrons. The van der Waals surface area contributed by atoms with Gasteiger partial charge in [-0.2, -0.15) is 0 Å². The summed E-state index contributed by atoms with van der Waals surface area (Å²) in [7, 11) is 0. The SMILES string of the molecule is O=C(c1ccc(Cl)c([N+](=O)[O-])c1)c1c(-c2cccc([N+](=O)[O-])c2)cc2ccccn12. The Hall–Kier alpha value is -4.04. The lowest BCUT2D eigenvalue weighted by atomic mass is 9.99. The van der Waals surface area contributed by atoms with E-state index in [1.807, 2.05) is 0 Å². The van der Waals surface area contributed by atoms with Crippen LogP contribution in [0.2, 0.25) is 5.02 Å². The Labute approximate surface area is 174 Å². The van der Waals surface area contributed by atoms with E-state index in [0.717, 1.165) is 6.07 Å². The normalized spacial score (nSPS) is 10.8. The molecule has 2 aromatic carbocycles. The third-order valence-corrected chi connectivity index (χ3v) is 4.99. The van der Waals surface area contributed by atoms with E-state index in [1.165, 1.54) is 30.3 Å². The fourth-order valence-electron chi connectivity index (χ4n) is 3.29. The van der Waals surface area contributed by atoms with Gasteiger partial charge in [-0.15, -0.1) is 0 Å². The predicted molar refractivity (Wildman–Crippen MR) is 111 cm³/mol. The van der Waals surface area contributed by atoms with Crippen molar-refractivity contribution in [1.29, 1.82) is 0 Å². The topological polar surface area (TPSA) is 108 Å². The second kappa shape index (κ2) is 7.41. The number of nitro benzene ring substituents is 2. The first kappa shape index (κ1) is 19.3. The molecule has 0 saturated heterocycles. The van der Waals surface area contributed by atoms with Gasteiger partial charge < -0.3 is 4.40 Å². The summed E-state index contributed by atoms with van der Waals surface area (Å²) in [6, 6.07) is 16.9. The van der Waals surface area contributed by atoms with Crippen LogP contribution in [0, 0.1) is 20.2 Å². The number of rotatable bonds is 5. The molecule has 2 aromatic heterocycles. The molecule has 0 aliphatic carbocycles. The molecular weight excluding hydrogens is 410 g/mol. The van der Waals surface area contributed by atoms with E-state index < -0.39 is 15.6 Å². The average Bonchev–Trinajstić information content (AvgIpc) is 3.13. The number of hydrogen-bond donors (Lipinski definition) is 0. The van der Waals surface area contributed by atoms with Crippen molar-refractivity contribution in [2.75, 3.05) is 0 Å². The number of carbonyl (C=O) groups is 1. The molecule has 30 heavy (non-hydrogen) atoms. The minimum Gasteiger partial charge on any atom is -0.313 e. The minimum atomic E-state index is -0.656. The molecule has 4 aromatic rings. The summed E-state index contributed by atoms with van der Waals surface area (Å²) in [5, 5.41) is 22.3. The van der Waals surface area contributed by atoms with Crippen molar-refractivity contribution >= 4 is 34.3 Å². The highest BCUT2D eigenvalue weighted by molar-refractivity contribution is 6.32. The second-order valence-corrected chi connectivity index (χ2v) is 6.87. The monoisotopic (exact) mass is 421 g/mol. The minimum absolute atomic E-state index is 0.0736. The second-order valence-electron chi connectivity index (χ2n) is 6.46. The number of halogens is 1. The molecule has 0 saturated carbocycles. The Morgan fingerprint density at radius 2 is 1.70 bits per heavy atom. The van der Waals surface area contributed by atoms with Crippen molar-refractivity contribution in [2.24, 2.45) is 0 Å². The number of nitro groups is 2. The van der Waals surface area contributed by atoms with Gasteiger partial charge in [0, 0.05) is 41.0 Å². The number of nitrogens with zero attached hydrogens (tertiary/aromatic N) is 3. The first-order valence-electron chi connectivity index (χ1n) is 8.70. The smallest absolute Gasteiger partial charge is 0.288 e. The summed E-state index contributed by atoms with van der Waals surface area (Å²) in [4.78, 5) is 34.6. The van der Waals surface area contributed by atoms with Crippen molar-refractivity contribution in [3.05, 3.63) is 109 Å². The maximum Gasteiger partial charge on any atom is 0.288 e. The molecule has 8 nitrogen and oxygen atoms in total. The summed E-state index contributed by atoms with van der Waals surface area (Å²) in [6.45, 7) is 0. The van der Waals surface area contributed by atoms with Crippen molar-refractivity contribution in [3.8, 4) is 11.1 Å². The molecule has 148 valence electrons. The van der Waals surface area contributed by atoms with Crippen LogP contribution < -0.4 is 0 Å². The maximum absolute atomic E-state index is 13.4. The third-order valence-electron chi connectivity index (χ3n) is 4.67. The highest BCUT2D eigenvalue weighted by atomic mass is 35.5. The summed E-state index contributed by atoms with van der Waals surface area (Å²) in [5.41, 5.74) is 1.51. The van der Waals surface area contributed by atoms with E-state index in [9.17, 15) is 25.0 Å². The summed E-state index contributed by atoms with van der Waals surface area (Å²) < 4.78 is 1.65. The van der Waals surface area contributed by atoms with Crippen molar-refractivity contribution in [3.63, 3.8) is 0 Å². The van der Waals surface area contributed by atoms with Crippen LogP contribution in [0.5, 0.6) is 0 Å². The molecule has 2 heterocycles. The number of hydrogen-bond acceptors (Lipinski definition) is 5. The van der Waals surface area contributed by atoms with Crippen LogP contribution in [-0.2, 0) is 0 Å². The quantitative estimate of drug-likeness (QED) is 0.246. The van der Waals surface area contributed by atoms with Crippen LogP contribution in [0.3, 0.4) is 0 Å². The molecule has 0 spiro atoms. The molecule has 0 bridgehead atoms. The molecule has 9 heteroatoms. The molecule has 4 rings (SSSR count). The van der Waals surface area contributed by atoms with Gasteiger partial charge in [-0.05, 0) is 35.9 Å². The number of benzene rings is 2. The van der Waals surface area contributed by atoms with Gasteiger partial charge in [-0.3, -0.25) is 25.0 Å². The van der Waals surface area contributed by atoms with E-state index in [-0.39, 0.29) is 27.7 Å². The van der Waals surface area contributed by atoms with E-state index >= 15 is 0 Å². The van der Waals surface area contributed by atoms with Gasteiger partial charge in [-0.1, -0.05) is 29.8 Å². The number of carbonyl (C=O) groups excluding carboxylic acids is 1. The zero-order chi connectivity index (χ0) is 21.4. The Kier molecular flexibility index (Phi) is 4.77. The number of fused-ring (bicyclic) bond motifs is 1. The molecule has 0 atom stereocenters. The fourth-order valence-corrected chi connectivity index (χ4v) is 3.48. The number of pyridine rings is 1. The van der Waals surface area contributed by atoms with Crippen LogP contribution in [0.1, 0.15) is 16.1 Å². The van der Waals surface area contributed by atoms with E-state index in [0.29, 0.717) is 16.6 Å². The zero-order valence-corrected chi connectivity index (χ0v) is 15.9. The fraction of sp³-hybridized carbons (Fsp3) is 0. The summed E-state index contributed by atoms with van der Waals surface area (Å²) in [6.07, 6.45) is 1.69. The Bertz CT molecular complexity index is 1350. The standard InChI is InChI=1S/C21H12ClN3O5/c22-18-8-7-14(11-19(18)25(29)30)21(26)20-17(12-15-5-1-2-9-23(15)20)13-4-3-6-16(10-13)24(27)28/h1-12H. The van der Waals surface area contributed by atoms with Crippen molar-refractivity contribution in [1.82, 2.24) is 4.40 Å². The van der Waals surface area contributed by atoms with Crippen LogP contribution in [0.4, 0.5) is 11.4 Å². The van der Waals surface area contributed by atoms with Crippen LogP contribution >= 0.6 is 11.6 Å². The molecule has 0 fully saturated rings. The van der Waals surface area contributed by atoms with Crippen molar-refractivity contribution in [2.45, 2.75) is 0 Å². The van der Waals surface area contributed by atoms with Crippen LogP contribution in [0.25, 0.3) is 16.6 Å². The molecular formula is C21H12ClN3O5. The van der Waals surface area contributed by atoms with Gasteiger partial charge in [0.25, 0.3) is 11.4 Å². The lowest BCUT2D eigenvalue weighted by Gasteiger charge is -2.07. The number of aromatic nitrogens is 1. The average molecular weight is 422 g/mol. The first-order valence-corrected chi connectivity index (χ1v) is 9.08. The van der Waals surface area contributed by atoms with Crippen LogP contribution in [0.15, 0.2) is 72.9 Å². The highest BCUT2D eigenvalue weighted by Crippen LogP contribution is 2.33. The molecule has 0 amide bonds. The first-order chi connectivity index (χ1) is 14.4. The lowest BCUT2D eigenvalue weighted by molar-refractivity contribution is -0.384. The van der Waals surface area contributed by atoms with Gasteiger partial charge in [0.05, 0.1) is 9.85 Å². The Balaban J connectivity index is 1.95. The van der Waals surface area contributed by atoms with Gasteiger partial charge in [0.15, 0.2) is 0 Å².